The highest BCUT2D eigenvalue weighted by molar-refractivity contribution is 6.14. The number of benzene rings is 2. The van der Waals surface area contributed by atoms with Gasteiger partial charge < -0.3 is 10.5 Å². The van der Waals surface area contributed by atoms with Crippen LogP contribution in [0.15, 0.2) is 71.8 Å². The van der Waals surface area contributed by atoms with Crippen molar-refractivity contribution in [2.75, 3.05) is 5.73 Å². The molecule has 0 saturated heterocycles. The lowest BCUT2D eigenvalue weighted by molar-refractivity contribution is -0.113. The fraction of sp³-hybridized carbons (Fsp3) is 0.174. The summed E-state index contributed by atoms with van der Waals surface area (Å²) in [5.74, 6) is 0.229. The largest absolute Gasteiger partial charge is 0.428 e. The molecule has 0 amide bonds. The van der Waals surface area contributed by atoms with Crippen LogP contribution in [0.3, 0.4) is 0 Å². The van der Waals surface area contributed by atoms with Gasteiger partial charge in [-0.25, -0.2) is 0 Å². The smallest absolute Gasteiger partial charge is 0.344 e. The average molecular weight is 399 g/mol. The number of ether oxygens (including phenoxy) is 1. The maximum absolute atomic E-state index is 12.9. The summed E-state index contributed by atoms with van der Waals surface area (Å²) in [5.41, 5.74) is 9.37. The first kappa shape index (κ1) is 20.5. The van der Waals surface area contributed by atoms with Crippen LogP contribution < -0.4 is 10.5 Å². The van der Waals surface area contributed by atoms with Crippen molar-refractivity contribution in [2.45, 2.75) is 19.8 Å². The molecule has 1 atom stereocenters. The van der Waals surface area contributed by atoms with E-state index in [1.54, 1.807) is 30.3 Å². The second-order valence-corrected chi connectivity index (χ2v) is 7.05. The first-order valence-electron chi connectivity index (χ1n) is 9.12. The van der Waals surface area contributed by atoms with Crippen molar-refractivity contribution in [3.63, 3.8) is 0 Å². The van der Waals surface area contributed by atoms with Crippen molar-refractivity contribution in [1.29, 1.82) is 0 Å². The van der Waals surface area contributed by atoms with Crippen LogP contribution in [0.2, 0.25) is 0 Å². The van der Waals surface area contributed by atoms with Gasteiger partial charge in [0.1, 0.15) is 5.75 Å². The third-order valence-electron chi connectivity index (χ3n) is 4.57. The normalized spacial score (nSPS) is 19.4. The van der Waals surface area contributed by atoms with E-state index in [0.717, 1.165) is 11.1 Å². The van der Waals surface area contributed by atoms with E-state index in [1.165, 1.54) is 12.1 Å². The number of hydrogen-bond donors (Lipinski definition) is 1. The number of ketones is 1. The lowest BCUT2D eigenvalue weighted by Crippen LogP contribution is -2.18. The van der Waals surface area contributed by atoms with E-state index in [4.69, 9.17) is 5.73 Å². The number of rotatable bonds is 4. The van der Waals surface area contributed by atoms with Crippen LogP contribution in [0.1, 0.15) is 30.9 Å². The summed E-state index contributed by atoms with van der Waals surface area (Å²) in [4.78, 5) is 12.9. The number of nitrogen functional groups attached to an aromatic ring is 1. The minimum absolute atomic E-state index is 0.0197. The van der Waals surface area contributed by atoms with E-state index in [1.807, 2.05) is 18.2 Å². The van der Waals surface area contributed by atoms with Crippen molar-refractivity contribution in [1.82, 2.24) is 0 Å². The van der Waals surface area contributed by atoms with Gasteiger partial charge in [-0.1, -0.05) is 31.2 Å². The summed E-state index contributed by atoms with van der Waals surface area (Å²) < 4.78 is 41.5. The van der Waals surface area contributed by atoms with Gasteiger partial charge in [0, 0.05) is 16.8 Å². The Kier molecular flexibility index (Phi) is 6.22. The molecule has 1 fully saturated rings. The topological polar surface area (TPSA) is 52.3 Å². The lowest BCUT2D eigenvalue weighted by atomic mass is 9.81. The number of hydrogen-bond acceptors (Lipinski definition) is 3. The van der Waals surface area contributed by atoms with Crippen LogP contribution in [0.4, 0.5) is 18.9 Å². The Morgan fingerprint density at radius 3 is 1.90 bits per heavy atom. The summed E-state index contributed by atoms with van der Waals surface area (Å²) in [7, 11) is 0. The van der Waals surface area contributed by atoms with Crippen LogP contribution in [0.5, 0.6) is 5.75 Å². The zero-order valence-corrected chi connectivity index (χ0v) is 15.8. The van der Waals surface area contributed by atoms with Gasteiger partial charge in [0.15, 0.2) is 5.78 Å². The van der Waals surface area contributed by atoms with E-state index < -0.39 is 12.1 Å². The van der Waals surface area contributed by atoms with Crippen LogP contribution in [0.25, 0.3) is 12.2 Å². The Hall–Kier alpha value is -3.28. The molecule has 0 bridgehead atoms. The first-order chi connectivity index (χ1) is 13.8. The number of anilines is 1. The van der Waals surface area contributed by atoms with Crippen LogP contribution in [-0.2, 0) is 4.79 Å². The third kappa shape index (κ3) is 5.38. The Morgan fingerprint density at radius 1 is 0.931 bits per heavy atom. The molecule has 1 aliphatic carbocycles. The zero-order valence-electron chi connectivity index (χ0n) is 15.8. The first-order valence-corrected chi connectivity index (χ1v) is 9.12. The van der Waals surface area contributed by atoms with E-state index >= 15 is 0 Å². The fourth-order valence-corrected chi connectivity index (χ4v) is 3.23. The molecule has 2 aromatic rings. The molecule has 1 saturated carbocycles. The zero-order chi connectivity index (χ0) is 21.0. The van der Waals surface area contributed by atoms with E-state index in [-0.39, 0.29) is 11.5 Å². The molecule has 0 aromatic heterocycles. The van der Waals surface area contributed by atoms with E-state index in [9.17, 15) is 18.0 Å². The van der Waals surface area contributed by atoms with Gasteiger partial charge in [-0.2, -0.15) is 13.2 Å². The number of Topliss-reactive ketones (excluding diaryl/α,β-unsaturated/α-hetero) is 1. The predicted molar refractivity (Wildman–Crippen MR) is 108 cm³/mol. The molecule has 0 aliphatic heterocycles. The molecule has 6 heteroatoms. The number of halogens is 3. The van der Waals surface area contributed by atoms with Gasteiger partial charge in [0.2, 0.25) is 0 Å². The fourth-order valence-electron chi connectivity index (χ4n) is 3.23. The monoisotopic (exact) mass is 399 g/mol. The molecule has 0 radical (unpaired) electrons. The van der Waals surface area contributed by atoms with E-state index in [0.29, 0.717) is 35.6 Å². The van der Waals surface area contributed by atoms with Crippen molar-refractivity contribution < 1.29 is 22.7 Å². The lowest BCUT2D eigenvalue weighted by Gasteiger charge is -2.22. The minimum Gasteiger partial charge on any atom is -0.428 e. The van der Waals surface area contributed by atoms with E-state index in [2.05, 4.69) is 11.7 Å². The molecule has 2 aromatic carbocycles. The number of carbonyl (C=O) groups excluding carboxylic acids is 1. The summed E-state index contributed by atoms with van der Waals surface area (Å²) >= 11 is 0. The van der Waals surface area contributed by atoms with Crippen molar-refractivity contribution in [2.24, 2.45) is 5.92 Å². The maximum atomic E-state index is 12.9. The maximum Gasteiger partial charge on any atom is 0.344 e. The molecule has 1 unspecified atom stereocenters. The minimum atomic E-state index is -2.52. The molecule has 0 heterocycles. The van der Waals surface area contributed by atoms with Crippen molar-refractivity contribution >= 4 is 23.6 Å². The standard InChI is InChI=1S/C23H20F3NO2/c1-14-10-17(12-15-2-6-19(27)7-3-15)21(28)18(11-14)13-16-4-8-20(9-5-16)29-23(26)22(24)25/h2-9,12-14H,10-11,27H2,1H3. The summed E-state index contributed by atoms with van der Waals surface area (Å²) in [6.45, 7) is 2.08. The predicted octanol–water partition coefficient (Wildman–Crippen LogP) is 6.15. The van der Waals surface area contributed by atoms with Gasteiger partial charge in [0.05, 0.1) is 0 Å². The summed E-state index contributed by atoms with van der Waals surface area (Å²) in [6, 6.07) is 11.3. The van der Waals surface area contributed by atoms with Crippen LogP contribution in [-0.4, -0.2) is 5.78 Å². The van der Waals surface area contributed by atoms with Gasteiger partial charge in [-0.15, -0.1) is 0 Å². The summed E-state index contributed by atoms with van der Waals surface area (Å²) in [5, 5.41) is 0. The molecule has 29 heavy (non-hydrogen) atoms. The second kappa shape index (κ2) is 8.82. The van der Waals surface area contributed by atoms with Crippen LogP contribution in [0, 0.1) is 5.92 Å². The average Bonchev–Trinajstić information content (AvgIpc) is 2.68. The van der Waals surface area contributed by atoms with Gasteiger partial charge in [0.25, 0.3) is 0 Å². The third-order valence-corrected chi connectivity index (χ3v) is 4.57. The Morgan fingerprint density at radius 2 is 1.41 bits per heavy atom. The SMILES string of the molecule is CC1CC(=Cc2ccc(N)cc2)C(=O)C(=Cc2ccc(OC(F)=C(F)F)cc2)C1. The number of allylic oxidation sites excluding steroid dienone is 2. The van der Waals surface area contributed by atoms with Crippen LogP contribution >= 0.6 is 0 Å². The second-order valence-electron chi connectivity index (χ2n) is 7.05. The molecule has 1 aliphatic rings. The Bertz CT molecular complexity index is 986. The number of nitrogens with two attached hydrogens (primary N) is 1. The number of carbonyl (C=O) groups is 1. The molecule has 3 nitrogen and oxygen atoms in total. The molecule has 150 valence electrons. The van der Waals surface area contributed by atoms with Gasteiger partial charge in [-0.05, 0) is 66.3 Å². The Balaban J connectivity index is 1.82. The van der Waals surface area contributed by atoms with Crippen molar-refractivity contribution in [3.8, 4) is 5.75 Å². The molecule has 2 N–H and O–H groups in total. The highest BCUT2D eigenvalue weighted by Gasteiger charge is 2.25. The molecule has 3 rings (SSSR count). The summed E-state index contributed by atoms with van der Waals surface area (Å²) in [6.07, 6.45) is 2.45. The highest BCUT2D eigenvalue weighted by atomic mass is 19.3. The molecule has 0 spiro atoms. The highest BCUT2D eigenvalue weighted by Crippen LogP contribution is 2.32. The van der Waals surface area contributed by atoms with Gasteiger partial charge >= 0.3 is 12.1 Å². The molecular weight excluding hydrogens is 379 g/mol. The van der Waals surface area contributed by atoms with Gasteiger partial charge in [-0.3, -0.25) is 4.79 Å². The quantitative estimate of drug-likeness (QED) is 0.381. The molecular formula is C23H20F3NO2. The van der Waals surface area contributed by atoms with Crippen molar-refractivity contribution in [3.05, 3.63) is 82.9 Å². The Labute approximate surface area is 167 Å².